The number of hydrogen-bond acceptors (Lipinski definition) is 3. The third kappa shape index (κ3) is 2.45. The number of esters is 1. The summed E-state index contributed by atoms with van der Waals surface area (Å²) in [6.45, 7) is 4.99. The van der Waals surface area contributed by atoms with E-state index in [1.165, 1.54) is 6.92 Å². The Kier molecular flexibility index (Phi) is 2.60. The summed E-state index contributed by atoms with van der Waals surface area (Å²) in [5.74, 6) is -0.0401. The Balaban J connectivity index is 2.65. The molecule has 72 valence electrons. The van der Waals surface area contributed by atoms with Gasteiger partial charge < -0.3 is 4.74 Å². The molecule has 3 nitrogen and oxygen atoms in total. The maximum atomic E-state index is 10.8. The second-order valence-corrected chi connectivity index (χ2v) is 4.14. The Morgan fingerprint density at radius 2 is 2.15 bits per heavy atom. The van der Waals surface area contributed by atoms with Crippen LogP contribution >= 0.6 is 0 Å². The zero-order valence-corrected chi connectivity index (χ0v) is 8.33. The first-order valence-electron chi connectivity index (χ1n) is 4.56. The van der Waals surface area contributed by atoms with Gasteiger partial charge in [0.25, 0.3) is 0 Å². The molecule has 1 aliphatic rings. The standard InChI is InChI=1S/C10H15NO2/c1-7(12)13-10(2,3)9(6-11)8-4-5-8/h8-9H,4-5H2,1-3H3. The van der Waals surface area contributed by atoms with Gasteiger partial charge in [-0.2, -0.15) is 5.26 Å². The lowest BCUT2D eigenvalue weighted by atomic mass is 9.88. The van der Waals surface area contributed by atoms with E-state index >= 15 is 0 Å². The fourth-order valence-corrected chi connectivity index (χ4v) is 1.69. The zero-order valence-electron chi connectivity index (χ0n) is 8.33. The van der Waals surface area contributed by atoms with E-state index < -0.39 is 5.60 Å². The minimum atomic E-state index is -0.637. The monoisotopic (exact) mass is 181 g/mol. The van der Waals surface area contributed by atoms with Gasteiger partial charge in [-0.15, -0.1) is 0 Å². The third-order valence-corrected chi connectivity index (χ3v) is 2.39. The molecule has 0 radical (unpaired) electrons. The second kappa shape index (κ2) is 3.37. The quantitative estimate of drug-likeness (QED) is 0.624. The Labute approximate surface area is 78.7 Å². The number of nitrogens with zero attached hydrogens (tertiary/aromatic N) is 1. The third-order valence-electron chi connectivity index (χ3n) is 2.39. The summed E-state index contributed by atoms with van der Waals surface area (Å²) < 4.78 is 5.13. The highest BCUT2D eigenvalue weighted by atomic mass is 16.6. The maximum Gasteiger partial charge on any atom is 0.303 e. The van der Waals surface area contributed by atoms with Gasteiger partial charge in [-0.05, 0) is 32.6 Å². The predicted octanol–water partition coefficient (Wildman–Crippen LogP) is 1.88. The van der Waals surface area contributed by atoms with Crippen molar-refractivity contribution in [3.63, 3.8) is 0 Å². The molecule has 0 aromatic carbocycles. The van der Waals surface area contributed by atoms with E-state index in [1.54, 1.807) is 13.8 Å². The number of carbonyl (C=O) groups excluding carboxylic acids is 1. The first kappa shape index (κ1) is 10.0. The first-order chi connectivity index (χ1) is 5.97. The zero-order chi connectivity index (χ0) is 10.1. The first-order valence-corrected chi connectivity index (χ1v) is 4.56. The van der Waals surface area contributed by atoms with Gasteiger partial charge in [0.1, 0.15) is 5.60 Å². The van der Waals surface area contributed by atoms with Crippen molar-refractivity contribution in [3.8, 4) is 6.07 Å². The van der Waals surface area contributed by atoms with Crippen LogP contribution in [0, 0.1) is 23.2 Å². The van der Waals surface area contributed by atoms with Crippen LogP contribution in [0.2, 0.25) is 0 Å². The summed E-state index contributed by atoms with van der Waals surface area (Å²) in [7, 11) is 0. The van der Waals surface area contributed by atoms with Gasteiger partial charge in [0.15, 0.2) is 0 Å². The number of ether oxygens (including phenoxy) is 1. The average Bonchev–Trinajstić information content (AvgIpc) is 2.68. The molecule has 0 N–H and O–H groups in total. The van der Waals surface area contributed by atoms with Crippen LogP contribution in [-0.4, -0.2) is 11.6 Å². The SMILES string of the molecule is CC(=O)OC(C)(C)C(C#N)C1CC1. The molecule has 1 unspecified atom stereocenters. The van der Waals surface area contributed by atoms with Crippen molar-refractivity contribution in [2.75, 3.05) is 0 Å². The lowest BCUT2D eigenvalue weighted by molar-refractivity contribution is -0.157. The molecule has 1 atom stereocenters. The fraction of sp³-hybridized carbons (Fsp3) is 0.800. The van der Waals surface area contributed by atoms with Crippen LogP contribution in [-0.2, 0) is 9.53 Å². The molecule has 1 saturated carbocycles. The summed E-state index contributed by atoms with van der Waals surface area (Å²) in [6.07, 6.45) is 2.17. The van der Waals surface area contributed by atoms with E-state index in [0.29, 0.717) is 5.92 Å². The maximum absolute atomic E-state index is 10.8. The smallest absolute Gasteiger partial charge is 0.303 e. The lowest BCUT2D eigenvalue weighted by Gasteiger charge is -2.29. The molecular formula is C10H15NO2. The molecule has 0 aromatic rings. The van der Waals surface area contributed by atoms with Crippen molar-refractivity contribution < 1.29 is 9.53 Å². The van der Waals surface area contributed by atoms with Gasteiger partial charge in [-0.1, -0.05) is 0 Å². The van der Waals surface area contributed by atoms with Crippen LogP contribution in [0.5, 0.6) is 0 Å². The number of rotatable bonds is 3. The van der Waals surface area contributed by atoms with Crippen molar-refractivity contribution in [2.45, 2.75) is 39.2 Å². The topological polar surface area (TPSA) is 50.1 Å². The highest BCUT2D eigenvalue weighted by molar-refractivity contribution is 5.66. The van der Waals surface area contributed by atoms with Crippen LogP contribution < -0.4 is 0 Å². The van der Waals surface area contributed by atoms with Gasteiger partial charge in [-0.25, -0.2) is 0 Å². The van der Waals surface area contributed by atoms with Crippen LogP contribution in [0.4, 0.5) is 0 Å². The van der Waals surface area contributed by atoms with Crippen molar-refractivity contribution >= 4 is 5.97 Å². The fourth-order valence-electron chi connectivity index (χ4n) is 1.69. The predicted molar refractivity (Wildman–Crippen MR) is 47.7 cm³/mol. The molecule has 1 aliphatic carbocycles. The lowest BCUT2D eigenvalue weighted by Crippen LogP contribution is -2.36. The van der Waals surface area contributed by atoms with E-state index in [9.17, 15) is 4.79 Å². The van der Waals surface area contributed by atoms with Crippen LogP contribution in [0.3, 0.4) is 0 Å². The highest BCUT2D eigenvalue weighted by Gasteiger charge is 2.43. The largest absolute Gasteiger partial charge is 0.458 e. The molecule has 0 bridgehead atoms. The minimum absolute atomic E-state index is 0.156. The summed E-state index contributed by atoms with van der Waals surface area (Å²) in [4.78, 5) is 10.8. The molecule has 0 aromatic heterocycles. The Bertz CT molecular complexity index is 248. The number of hydrogen-bond donors (Lipinski definition) is 0. The number of nitriles is 1. The van der Waals surface area contributed by atoms with Gasteiger partial charge in [0.05, 0.1) is 12.0 Å². The Hall–Kier alpha value is -1.04. The van der Waals surface area contributed by atoms with E-state index in [2.05, 4.69) is 6.07 Å². The summed E-state index contributed by atoms with van der Waals surface area (Å²) in [5, 5.41) is 8.94. The molecule has 13 heavy (non-hydrogen) atoms. The molecular weight excluding hydrogens is 166 g/mol. The normalized spacial score (nSPS) is 18.9. The minimum Gasteiger partial charge on any atom is -0.458 e. The molecule has 0 heterocycles. The average molecular weight is 181 g/mol. The summed E-state index contributed by atoms with van der Waals surface area (Å²) in [6, 6.07) is 2.23. The Morgan fingerprint density at radius 1 is 1.62 bits per heavy atom. The van der Waals surface area contributed by atoms with Crippen LogP contribution in [0.1, 0.15) is 33.6 Å². The van der Waals surface area contributed by atoms with Gasteiger partial charge >= 0.3 is 5.97 Å². The van der Waals surface area contributed by atoms with E-state index in [-0.39, 0.29) is 11.9 Å². The van der Waals surface area contributed by atoms with Crippen LogP contribution in [0.15, 0.2) is 0 Å². The molecule has 0 aliphatic heterocycles. The van der Waals surface area contributed by atoms with E-state index in [0.717, 1.165) is 12.8 Å². The molecule has 0 spiro atoms. The van der Waals surface area contributed by atoms with Crippen molar-refractivity contribution in [2.24, 2.45) is 11.8 Å². The van der Waals surface area contributed by atoms with Gasteiger partial charge in [0.2, 0.25) is 0 Å². The van der Waals surface area contributed by atoms with Crippen molar-refractivity contribution in [3.05, 3.63) is 0 Å². The molecule has 3 heteroatoms. The molecule has 1 fully saturated rings. The van der Waals surface area contributed by atoms with Crippen molar-refractivity contribution in [1.29, 1.82) is 5.26 Å². The van der Waals surface area contributed by atoms with Crippen LogP contribution in [0.25, 0.3) is 0 Å². The summed E-state index contributed by atoms with van der Waals surface area (Å²) in [5.41, 5.74) is -0.637. The highest BCUT2D eigenvalue weighted by Crippen LogP contribution is 2.42. The molecule has 0 amide bonds. The molecule has 0 saturated heterocycles. The molecule has 1 rings (SSSR count). The second-order valence-electron chi connectivity index (χ2n) is 4.14. The van der Waals surface area contributed by atoms with Crippen molar-refractivity contribution in [1.82, 2.24) is 0 Å². The van der Waals surface area contributed by atoms with E-state index in [1.807, 2.05) is 0 Å². The van der Waals surface area contributed by atoms with E-state index in [4.69, 9.17) is 10.00 Å². The summed E-state index contributed by atoms with van der Waals surface area (Å²) >= 11 is 0. The van der Waals surface area contributed by atoms with Gasteiger partial charge in [0, 0.05) is 6.92 Å². The Morgan fingerprint density at radius 3 is 2.46 bits per heavy atom. The number of carbonyl (C=O) groups is 1. The van der Waals surface area contributed by atoms with Gasteiger partial charge in [-0.3, -0.25) is 4.79 Å².